The molecule has 0 amide bonds. The zero-order chi connectivity index (χ0) is 18.0. The van der Waals surface area contributed by atoms with Crippen LogP contribution in [0.25, 0.3) is 0 Å². The van der Waals surface area contributed by atoms with Crippen molar-refractivity contribution in [3.05, 3.63) is 36.5 Å². The summed E-state index contributed by atoms with van der Waals surface area (Å²) in [4.78, 5) is 10.2. The van der Waals surface area contributed by atoms with Crippen molar-refractivity contribution in [2.45, 2.75) is 83.3 Å². The molecule has 0 aromatic heterocycles. The standard InChI is InChI=1S/C20H34O4/c1-2-3-12-15-18(21)19(22)16-13-10-8-6-4-5-7-9-11-14-17-20(23)24/h4,6-7,9-10,13,18-19,21-22H,2-3,5,8,11-12,14-17H2,1H3,(H,23,24)/p-1/b6-4-,9-7-,13-10-/t18-,19-/m0/s1. The lowest BCUT2D eigenvalue weighted by Gasteiger charge is -2.15. The van der Waals surface area contributed by atoms with E-state index in [-0.39, 0.29) is 6.42 Å². The summed E-state index contributed by atoms with van der Waals surface area (Å²) in [5, 5.41) is 29.8. The first-order valence-corrected chi connectivity index (χ1v) is 9.08. The van der Waals surface area contributed by atoms with Crippen LogP contribution >= 0.6 is 0 Å². The van der Waals surface area contributed by atoms with Crippen molar-refractivity contribution in [3.63, 3.8) is 0 Å². The SMILES string of the molecule is CCCCC[C@H](O)[C@@H](O)C/C=C\C/C=C\C/C=C\CCCC(=O)[O-]. The van der Waals surface area contributed by atoms with Crippen LogP contribution in [-0.2, 0) is 4.79 Å². The van der Waals surface area contributed by atoms with E-state index in [0.29, 0.717) is 19.3 Å². The molecule has 0 aliphatic carbocycles. The van der Waals surface area contributed by atoms with E-state index in [4.69, 9.17) is 0 Å². The second-order valence-electron chi connectivity index (χ2n) is 6.02. The number of hydrogen-bond donors (Lipinski definition) is 2. The summed E-state index contributed by atoms with van der Waals surface area (Å²) in [6.45, 7) is 2.12. The Morgan fingerprint density at radius 1 is 0.917 bits per heavy atom. The van der Waals surface area contributed by atoms with Gasteiger partial charge in [-0.3, -0.25) is 0 Å². The molecule has 0 saturated carbocycles. The topological polar surface area (TPSA) is 80.6 Å². The molecular formula is C20H33O4-. The summed E-state index contributed by atoms with van der Waals surface area (Å²) in [5.41, 5.74) is 0. The van der Waals surface area contributed by atoms with E-state index in [1.807, 2.05) is 30.4 Å². The van der Waals surface area contributed by atoms with E-state index >= 15 is 0 Å². The average molecular weight is 337 g/mol. The van der Waals surface area contributed by atoms with Gasteiger partial charge in [0, 0.05) is 5.97 Å². The largest absolute Gasteiger partial charge is 0.550 e. The molecule has 2 N–H and O–H groups in total. The van der Waals surface area contributed by atoms with Crippen molar-refractivity contribution in [2.75, 3.05) is 0 Å². The zero-order valence-electron chi connectivity index (χ0n) is 14.9. The average Bonchev–Trinajstić information content (AvgIpc) is 2.55. The number of carboxylic acids is 1. The predicted octanol–water partition coefficient (Wildman–Crippen LogP) is 3.05. The van der Waals surface area contributed by atoms with E-state index in [2.05, 4.69) is 13.0 Å². The third-order valence-electron chi connectivity index (χ3n) is 3.72. The molecule has 0 saturated heterocycles. The van der Waals surface area contributed by atoms with Crippen LogP contribution in [0.5, 0.6) is 0 Å². The normalized spacial score (nSPS) is 14.8. The van der Waals surface area contributed by atoms with Gasteiger partial charge >= 0.3 is 0 Å². The summed E-state index contributed by atoms with van der Waals surface area (Å²) in [5.74, 6) is -0.992. The predicted molar refractivity (Wildman–Crippen MR) is 96.3 cm³/mol. The minimum Gasteiger partial charge on any atom is -0.550 e. The molecule has 2 atom stereocenters. The molecule has 0 radical (unpaired) electrons. The van der Waals surface area contributed by atoms with Gasteiger partial charge in [-0.1, -0.05) is 62.6 Å². The van der Waals surface area contributed by atoms with E-state index < -0.39 is 18.2 Å². The van der Waals surface area contributed by atoms with E-state index in [1.165, 1.54) is 0 Å². The van der Waals surface area contributed by atoms with Crippen molar-refractivity contribution in [1.82, 2.24) is 0 Å². The first-order valence-electron chi connectivity index (χ1n) is 9.08. The van der Waals surface area contributed by atoms with Gasteiger partial charge in [0.05, 0.1) is 12.2 Å². The van der Waals surface area contributed by atoms with Gasteiger partial charge in [-0.15, -0.1) is 0 Å². The lowest BCUT2D eigenvalue weighted by Crippen LogP contribution is -2.25. The molecule has 24 heavy (non-hydrogen) atoms. The molecule has 0 aromatic carbocycles. The number of allylic oxidation sites excluding steroid dienone is 5. The highest BCUT2D eigenvalue weighted by Crippen LogP contribution is 2.09. The highest BCUT2D eigenvalue weighted by molar-refractivity contribution is 5.64. The zero-order valence-corrected chi connectivity index (χ0v) is 14.9. The Labute approximate surface area is 146 Å². The van der Waals surface area contributed by atoms with Crippen LogP contribution in [0, 0.1) is 0 Å². The molecule has 4 heteroatoms. The van der Waals surface area contributed by atoms with Crippen LogP contribution in [0.15, 0.2) is 36.5 Å². The molecule has 0 heterocycles. The monoisotopic (exact) mass is 337 g/mol. The Morgan fingerprint density at radius 2 is 1.54 bits per heavy atom. The van der Waals surface area contributed by atoms with Gasteiger partial charge in [0.2, 0.25) is 0 Å². The summed E-state index contributed by atoms with van der Waals surface area (Å²) >= 11 is 0. The van der Waals surface area contributed by atoms with Gasteiger partial charge in [0.25, 0.3) is 0 Å². The van der Waals surface area contributed by atoms with Crippen LogP contribution in [0.1, 0.15) is 71.1 Å². The number of aliphatic hydroxyl groups is 2. The molecule has 0 spiro atoms. The first kappa shape index (κ1) is 22.6. The quantitative estimate of drug-likeness (QED) is 0.355. The van der Waals surface area contributed by atoms with Crippen molar-refractivity contribution < 1.29 is 20.1 Å². The Kier molecular flexibility index (Phi) is 15.5. The minimum atomic E-state index is -0.992. The van der Waals surface area contributed by atoms with Gasteiger partial charge in [0.1, 0.15) is 0 Å². The maximum atomic E-state index is 10.2. The van der Waals surface area contributed by atoms with Crippen LogP contribution in [0.4, 0.5) is 0 Å². The summed E-state index contributed by atoms with van der Waals surface area (Å²) in [7, 11) is 0. The number of carbonyl (C=O) groups is 1. The number of hydrogen-bond acceptors (Lipinski definition) is 4. The molecule has 0 aliphatic heterocycles. The highest BCUT2D eigenvalue weighted by Gasteiger charge is 2.13. The Bertz CT molecular complexity index is 385. The molecule has 138 valence electrons. The fourth-order valence-corrected chi connectivity index (χ4v) is 2.21. The van der Waals surface area contributed by atoms with E-state index in [9.17, 15) is 20.1 Å². The third-order valence-corrected chi connectivity index (χ3v) is 3.72. The smallest absolute Gasteiger partial charge is 0.0833 e. The second-order valence-corrected chi connectivity index (χ2v) is 6.02. The lowest BCUT2D eigenvalue weighted by molar-refractivity contribution is -0.305. The number of carboxylic acid groups (broad SMARTS) is 1. The maximum Gasteiger partial charge on any atom is 0.0833 e. The number of aliphatic carboxylic acids is 1. The van der Waals surface area contributed by atoms with E-state index in [0.717, 1.165) is 38.5 Å². The summed E-state index contributed by atoms with van der Waals surface area (Å²) in [6, 6.07) is 0. The van der Waals surface area contributed by atoms with Crippen LogP contribution in [0.3, 0.4) is 0 Å². The number of aliphatic hydroxyl groups excluding tert-OH is 2. The van der Waals surface area contributed by atoms with Crippen molar-refractivity contribution >= 4 is 5.97 Å². The van der Waals surface area contributed by atoms with Gasteiger partial charge in [-0.25, -0.2) is 0 Å². The van der Waals surface area contributed by atoms with Crippen LogP contribution < -0.4 is 5.11 Å². The molecule has 4 nitrogen and oxygen atoms in total. The molecule has 0 aromatic rings. The number of rotatable bonds is 15. The fourth-order valence-electron chi connectivity index (χ4n) is 2.21. The molecule has 0 bridgehead atoms. The fraction of sp³-hybridized carbons (Fsp3) is 0.650. The van der Waals surface area contributed by atoms with Gasteiger partial charge in [-0.05, 0) is 44.9 Å². The van der Waals surface area contributed by atoms with Gasteiger partial charge in [0.15, 0.2) is 0 Å². The van der Waals surface area contributed by atoms with Crippen molar-refractivity contribution in [1.29, 1.82) is 0 Å². The lowest BCUT2D eigenvalue weighted by atomic mass is 10.0. The van der Waals surface area contributed by atoms with Crippen LogP contribution in [-0.4, -0.2) is 28.4 Å². The first-order chi connectivity index (χ1) is 11.6. The maximum absolute atomic E-state index is 10.2. The minimum absolute atomic E-state index is 0.115. The summed E-state index contributed by atoms with van der Waals surface area (Å²) < 4.78 is 0. The third kappa shape index (κ3) is 15.5. The Morgan fingerprint density at radius 3 is 2.17 bits per heavy atom. The van der Waals surface area contributed by atoms with Crippen LogP contribution in [0.2, 0.25) is 0 Å². The van der Waals surface area contributed by atoms with E-state index in [1.54, 1.807) is 0 Å². The van der Waals surface area contributed by atoms with Gasteiger partial charge in [-0.2, -0.15) is 0 Å². The molecule has 0 fully saturated rings. The Balaban J connectivity index is 3.62. The Hall–Kier alpha value is -1.39. The van der Waals surface area contributed by atoms with Crippen molar-refractivity contribution in [3.8, 4) is 0 Å². The second kappa shape index (κ2) is 16.5. The number of unbranched alkanes of at least 4 members (excludes halogenated alkanes) is 3. The molecular weight excluding hydrogens is 304 g/mol. The molecule has 0 rings (SSSR count). The summed E-state index contributed by atoms with van der Waals surface area (Å²) in [6.07, 6.45) is 18.2. The van der Waals surface area contributed by atoms with Gasteiger partial charge < -0.3 is 20.1 Å². The number of carbonyl (C=O) groups excluding carboxylic acids is 1. The molecule has 0 aliphatic rings. The van der Waals surface area contributed by atoms with Crippen molar-refractivity contribution in [2.24, 2.45) is 0 Å². The molecule has 0 unspecified atom stereocenters. The highest BCUT2D eigenvalue weighted by atomic mass is 16.4.